The third-order valence-electron chi connectivity index (χ3n) is 3.45. The fourth-order valence-electron chi connectivity index (χ4n) is 2.51. The summed E-state index contributed by atoms with van der Waals surface area (Å²) in [4.78, 5) is 25.2. The highest BCUT2D eigenvalue weighted by Crippen LogP contribution is 2.48. The van der Waals surface area contributed by atoms with Crippen LogP contribution in [0.3, 0.4) is 0 Å². The Balaban J connectivity index is 2.52. The quantitative estimate of drug-likeness (QED) is 0.446. The van der Waals surface area contributed by atoms with Gasteiger partial charge in [-0.1, -0.05) is 6.07 Å². The first kappa shape index (κ1) is 18.8. The Morgan fingerprint density at radius 2 is 1.88 bits per heavy atom. The Labute approximate surface area is 140 Å². The maximum absolute atomic E-state index is 13.4. The van der Waals surface area contributed by atoms with E-state index < -0.39 is 45.2 Å². The van der Waals surface area contributed by atoms with E-state index in [1.54, 1.807) is 0 Å². The van der Waals surface area contributed by atoms with E-state index in [-0.39, 0.29) is 18.4 Å². The van der Waals surface area contributed by atoms with Crippen LogP contribution < -0.4 is 0 Å². The highest BCUT2D eigenvalue weighted by atomic mass is 32.2. The molecule has 1 aliphatic rings. The number of carbonyl (C=O) groups excluding carboxylic acids is 2. The Morgan fingerprint density at radius 1 is 1.25 bits per heavy atom. The Bertz CT molecular complexity index is 679. The lowest BCUT2D eigenvalue weighted by atomic mass is 9.81. The Hall–Kier alpha value is -1.57. The molecule has 0 spiro atoms. The number of alkyl halides is 3. The van der Waals surface area contributed by atoms with Crippen molar-refractivity contribution in [2.45, 2.75) is 49.5 Å². The molecule has 1 aromatic carbocycles. The van der Waals surface area contributed by atoms with Gasteiger partial charge in [-0.2, -0.15) is 13.2 Å². The first-order chi connectivity index (χ1) is 10.8. The molecular formula is C16H16F4O3S. The second-order valence-electron chi connectivity index (χ2n) is 6.51. The smallest absolute Gasteiger partial charge is 0.443 e. The molecule has 1 aromatic rings. The number of aryl methyl sites for hydroxylation is 1. The van der Waals surface area contributed by atoms with Crippen molar-refractivity contribution >= 4 is 23.5 Å². The number of carbonyl (C=O) groups is 2. The van der Waals surface area contributed by atoms with E-state index in [0.717, 1.165) is 12.1 Å². The first-order valence-electron chi connectivity index (χ1n) is 7.18. The van der Waals surface area contributed by atoms with E-state index in [0.29, 0.717) is 5.56 Å². The molecule has 0 aromatic heterocycles. The zero-order valence-corrected chi connectivity index (χ0v) is 14.1. The van der Waals surface area contributed by atoms with Crippen LogP contribution in [0.15, 0.2) is 18.2 Å². The molecule has 0 saturated carbocycles. The summed E-state index contributed by atoms with van der Waals surface area (Å²) >= 11 is -0.695. The number of Topliss-reactive ketones (excluding diaryl/α,β-unsaturated/α-hetero) is 1. The number of rotatable bonds is 2. The summed E-state index contributed by atoms with van der Waals surface area (Å²) in [5.74, 6) is -3.07. The molecule has 8 heteroatoms. The van der Waals surface area contributed by atoms with Gasteiger partial charge in [0.25, 0.3) is 0 Å². The largest absolute Gasteiger partial charge is 0.459 e. The van der Waals surface area contributed by atoms with Crippen LogP contribution >= 0.6 is 11.8 Å². The maximum Gasteiger partial charge on any atom is 0.443 e. The third kappa shape index (κ3) is 3.91. The van der Waals surface area contributed by atoms with Gasteiger partial charge in [0.2, 0.25) is 0 Å². The van der Waals surface area contributed by atoms with Crippen molar-refractivity contribution in [3.8, 4) is 0 Å². The molecule has 0 unspecified atom stereocenters. The molecule has 1 aliphatic carbocycles. The van der Waals surface area contributed by atoms with Crippen molar-refractivity contribution in [1.29, 1.82) is 0 Å². The molecule has 132 valence electrons. The van der Waals surface area contributed by atoms with Crippen LogP contribution in [0.1, 0.15) is 43.1 Å². The Morgan fingerprint density at radius 3 is 2.42 bits per heavy atom. The number of ketones is 1. The van der Waals surface area contributed by atoms with Crippen LogP contribution in [0.5, 0.6) is 0 Å². The summed E-state index contributed by atoms with van der Waals surface area (Å²) in [7, 11) is 0. The van der Waals surface area contributed by atoms with Gasteiger partial charge in [0, 0.05) is 5.56 Å². The van der Waals surface area contributed by atoms with Crippen LogP contribution in [0.4, 0.5) is 17.6 Å². The van der Waals surface area contributed by atoms with E-state index in [1.165, 1.54) is 26.8 Å². The van der Waals surface area contributed by atoms with Crippen LogP contribution in [0.25, 0.3) is 0 Å². The van der Waals surface area contributed by atoms with Crippen molar-refractivity contribution in [2.75, 3.05) is 0 Å². The zero-order valence-electron chi connectivity index (χ0n) is 13.3. The Kier molecular flexibility index (Phi) is 4.74. The normalized spacial score (nSPS) is 21.4. The molecule has 0 aliphatic heterocycles. The van der Waals surface area contributed by atoms with Crippen molar-refractivity contribution < 1.29 is 31.9 Å². The van der Waals surface area contributed by atoms with Crippen molar-refractivity contribution in [1.82, 2.24) is 0 Å². The number of fused-ring (bicyclic) bond motifs is 1. The van der Waals surface area contributed by atoms with Crippen LogP contribution in [0, 0.1) is 5.82 Å². The highest BCUT2D eigenvalue weighted by Gasteiger charge is 2.57. The molecule has 0 bridgehead atoms. The average Bonchev–Trinajstić information content (AvgIpc) is 2.39. The third-order valence-corrected chi connectivity index (χ3v) is 4.58. The number of benzene rings is 1. The monoisotopic (exact) mass is 364 g/mol. The second-order valence-corrected chi connectivity index (χ2v) is 7.87. The molecular weight excluding hydrogens is 348 g/mol. The van der Waals surface area contributed by atoms with Crippen LogP contribution in [-0.4, -0.2) is 27.6 Å². The van der Waals surface area contributed by atoms with Gasteiger partial charge in [0.1, 0.15) is 11.4 Å². The van der Waals surface area contributed by atoms with Gasteiger partial charge in [-0.15, -0.1) is 0 Å². The van der Waals surface area contributed by atoms with Crippen LogP contribution in [-0.2, 0) is 16.0 Å². The van der Waals surface area contributed by atoms with E-state index in [2.05, 4.69) is 0 Å². The average molecular weight is 364 g/mol. The summed E-state index contributed by atoms with van der Waals surface area (Å²) in [6.07, 6.45) is -0.312. The molecule has 0 N–H and O–H groups in total. The number of halogens is 4. The van der Waals surface area contributed by atoms with Gasteiger partial charge in [-0.25, -0.2) is 4.39 Å². The van der Waals surface area contributed by atoms with Crippen molar-refractivity contribution in [3.05, 3.63) is 35.1 Å². The minimum Gasteiger partial charge on any atom is -0.459 e. The summed E-state index contributed by atoms with van der Waals surface area (Å²) < 4.78 is 55.2. The molecule has 3 nitrogen and oxygen atoms in total. The minimum atomic E-state index is -4.82. The summed E-state index contributed by atoms with van der Waals surface area (Å²) in [6, 6.07) is 3.34. The second kappa shape index (κ2) is 6.06. The van der Waals surface area contributed by atoms with Gasteiger partial charge in [0.15, 0.2) is 10.5 Å². The summed E-state index contributed by atoms with van der Waals surface area (Å²) in [5.41, 5.74) is -5.66. The molecule has 2 rings (SSSR count). The van der Waals surface area contributed by atoms with Gasteiger partial charge >= 0.3 is 11.5 Å². The molecule has 0 fully saturated rings. The zero-order chi connectivity index (χ0) is 18.3. The summed E-state index contributed by atoms with van der Waals surface area (Å²) in [6.45, 7) is 4.49. The first-order valence-corrected chi connectivity index (χ1v) is 7.99. The van der Waals surface area contributed by atoms with E-state index in [9.17, 15) is 27.2 Å². The fourth-order valence-corrected chi connectivity index (χ4v) is 3.44. The SMILES string of the molecule is CC(C)(C)OC(=O)[C@@]1(SC(F)(F)F)CCc2ccc(F)cc2C1=O. The molecule has 0 amide bonds. The lowest BCUT2D eigenvalue weighted by Crippen LogP contribution is -2.51. The molecule has 0 heterocycles. The molecule has 24 heavy (non-hydrogen) atoms. The van der Waals surface area contributed by atoms with Crippen LogP contribution in [0.2, 0.25) is 0 Å². The lowest BCUT2D eigenvalue weighted by Gasteiger charge is -2.36. The predicted molar refractivity (Wildman–Crippen MR) is 81.3 cm³/mol. The topological polar surface area (TPSA) is 43.4 Å². The van der Waals surface area contributed by atoms with E-state index in [1.807, 2.05) is 0 Å². The van der Waals surface area contributed by atoms with Crippen molar-refractivity contribution in [2.24, 2.45) is 0 Å². The molecule has 0 radical (unpaired) electrons. The molecule has 1 atom stereocenters. The highest BCUT2D eigenvalue weighted by molar-refractivity contribution is 8.03. The van der Waals surface area contributed by atoms with Gasteiger partial charge in [0.05, 0.1) is 0 Å². The number of hydrogen-bond acceptors (Lipinski definition) is 4. The minimum absolute atomic E-state index is 0.0453. The van der Waals surface area contributed by atoms with E-state index >= 15 is 0 Å². The van der Waals surface area contributed by atoms with Gasteiger partial charge in [-0.3, -0.25) is 9.59 Å². The van der Waals surface area contributed by atoms with Gasteiger partial charge in [-0.05, 0) is 63.1 Å². The molecule has 0 saturated heterocycles. The fraction of sp³-hybridized carbons (Fsp3) is 0.500. The summed E-state index contributed by atoms with van der Waals surface area (Å²) in [5, 5.41) is 0. The number of thioether (sulfide) groups is 1. The predicted octanol–water partition coefficient (Wildman–Crippen LogP) is 4.29. The number of esters is 1. The number of ether oxygens (including phenoxy) is 1. The van der Waals surface area contributed by atoms with Crippen molar-refractivity contribution in [3.63, 3.8) is 0 Å². The standard InChI is InChI=1S/C16H16F4O3S/c1-14(2,3)23-13(22)15(24-16(18,19)20)7-6-9-4-5-10(17)8-11(9)12(15)21/h4-5,8H,6-7H2,1-3H3/t15-/m1/s1. The van der Waals surface area contributed by atoms with E-state index in [4.69, 9.17) is 4.74 Å². The number of hydrogen-bond donors (Lipinski definition) is 0. The lowest BCUT2D eigenvalue weighted by molar-refractivity contribution is -0.157. The van der Waals surface area contributed by atoms with Gasteiger partial charge < -0.3 is 4.74 Å². The maximum atomic E-state index is 13.4.